The molecule has 0 bridgehead atoms. The SMILES string of the molecule is COC(=O)C1=CC=C(O)CC=C1. The lowest BCUT2D eigenvalue weighted by Crippen LogP contribution is -2.01. The zero-order valence-corrected chi connectivity index (χ0v) is 6.78. The molecule has 0 fully saturated rings. The van der Waals surface area contributed by atoms with Crippen molar-refractivity contribution < 1.29 is 14.6 Å². The molecule has 1 N–H and O–H groups in total. The van der Waals surface area contributed by atoms with Gasteiger partial charge in [-0.3, -0.25) is 0 Å². The molecule has 0 aromatic carbocycles. The highest BCUT2D eigenvalue weighted by atomic mass is 16.5. The fraction of sp³-hybridized carbons (Fsp3) is 0.222. The Morgan fingerprint density at radius 2 is 2.33 bits per heavy atom. The van der Waals surface area contributed by atoms with Gasteiger partial charge in [0.1, 0.15) is 0 Å². The molecule has 1 aliphatic carbocycles. The highest BCUT2D eigenvalue weighted by Gasteiger charge is 2.06. The third kappa shape index (κ3) is 1.99. The number of ether oxygens (including phenoxy) is 1. The molecule has 0 aromatic heterocycles. The summed E-state index contributed by atoms with van der Waals surface area (Å²) in [6.45, 7) is 0. The van der Waals surface area contributed by atoms with Crippen molar-refractivity contribution in [3.05, 3.63) is 35.6 Å². The van der Waals surface area contributed by atoms with E-state index in [1.54, 1.807) is 12.2 Å². The van der Waals surface area contributed by atoms with Crippen LogP contribution in [0.15, 0.2) is 35.6 Å². The number of carbonyl (C=O) groups is 1. The maximum absolute atomic E-state index is 11.0. The van der Waals surface area contributed by atoms with E-state index in [0.717, 1.165) is 0 Å². The molecule has 1 rings (SSSR count). The molecule has 3 nitrogen and oxygen atoms in total. The van der Waals surface area contributed by atoms with Crippen LogP contribution in [-0.4, -0.2) is 18.2 Å². The van der Waals surface area contributed by atoms with Gasteiger partial charge in [0.2, 0.25) is 0 Å². The molecular formula is C9H10O3. The van der Waals surface area contributed by atoms with Crippen molar-refractivity contribution in [3.63, 3.8) is 0 Å². The van der Waals surface area contributed by atoms with Gasteiger partial charge in [-0.05, 0) is 12.2 Å². The first-order chi connectivity index (χ1) is 5.74. The van der Waals surface area contributed by atoms with E-state index in [0.29, 0.717) is 12.0 Å². The van der Waals surface area contributed by atoms with Crippen LogP contribution in [-0.2, 0) is 9.53 Å². The molecule has 0 atom stereocenters. The minimum atomic E-state index is -0.391. The number of carbonyl (C=O) groups excluding carboxylic acids is 1. The first kappa shape index (κ1) is 8.59. The van der Waals surface area contributed by atoms with Crippen molar-refractivity contribution in [2.24, 2.45) is 0 Å². The Bertz CT molecular complexity index is 271. The number of methoxy groups -OCH3 is 1. The molecule has 3 heteroatoms. The van der Waals surface area contributed by atoms with Gasteiger partial charge < -0.3 is 9.84 Å². The summed E-state index contributed by atoms with van der Waals surface area (Å²) >= 11 is 0. The predicted molar refractivity (Wildman–Crippen MR) is 44.6 cm³/mol. The lowest BCUT2D eigenvalue weighted by atomic mass is 10.2. The van der Waals surface area contributed by atoms with Crippen LogP contribution in [0.2, 0.25) is 0 Å². The average molecular weight is 166 g/mol. The molecular weight excluding hydrogens is 156 g/mol. The Morgan fingerprint density at radius 3 is 3.00 bits per heavy atom. The molecule has 12 heavy (non-hydrogen) atoms. The number of hydrogen-bond acceptors (Lipinski definition) is 3. The number of aliphatic hydroxyl groups excluding tert-OH is 1. The van der Waals surface area contributed by atoms with Crippen LogP contribution in [0.3, 0.4) is 0 Å². The smallest absolute Gasteiger partial charge is 0.337 e. The lowest BCUT2D eigenvalue weighted by molar-refractivity contribution is -0.135. The highest BCUT2D eigenvalue weighted by Crippen LogP contribution is 2.09. The van der Waals surface area contributed by atoms with Gasteiger partial charge in [0, 0.05) is 6.42 Å². The van der Waals surface area contributed by atoms with Crippen LogP contribution in [0.5, 0.6) is 0 Å². The molecule has 0 spiro atoms. The van der Waals surface area contributed by atoms with Crippen LogP contribution < -0.4 is 0 Å². The molecule has 64 valence electrons. The third-order valence-electron chi connectivity index (χ3n) is 1.50. The Kier molecular flexibility index (Phi) is 2.69. The maximum atomic E-state index is 11.0. The fourth-order valence-corrected chi connectivity index (χ4v) is 0.870. The molecule has 1 aliphatic rings. The average Bonchev–Trinajstić information content (AvgIpc) is 2.29. The first-order valence-corrected chi connectivity index (χ1v) is 3.58. The summed E-state index contributed by atoms with van der Waals surface area (Å²) < 4.78 is 4.51. The number of rotatable bonds is 1. The second-order valence-corrected chi connectivity index (χ2v) is 2.38. The summed E-state index contributed by atoms with van der Waals surface area (Å²) in [5, 5.41) is 9.07. The Morgan fingerprint density at radius 1 is 1.58 bits per heavy atom. The van der Waals surface area contributed by atoms with E-state index in [1.807, 2.05) is 0 Å². The largest absolute Gasteiger partial charge is 0.512 e. The van der Waals surface area contributed by atoms with Gasteiger partial charge >= 0.3 is 5.97 Å². The topological polar surface area (TPSA) is 46.5 Å². The van der Waals surface area contributed by atoms with Crippen LogP contribution in [0, 0.1) is 0 Å². The quantitative estimate of drug-likeness (QED) is 0.600. The van der Waals surface area contributed by atoms with E-state index in [4.69, 9.17) is 5.11 Å². The molecule has 0 heterocycles. The zero-order valence-electron chi connectivity index (χ0n) is 6.78. The van der Waals surface area contributed by atoms with Crippen LogP contribution >= 0.6 is 0 Å². The highest BCUT2D eigenvalue weighted by molar-refractivity contribution is 5.91. The van der Waals surface area contributed by atoms with Crippen molar-refractivity contribution in [2.45, 2.75) is 6.42 Å². The van der Waals surface area contributed by atoms with Crippen LogP contribution in [0.1, 0.15) is 6.42 Å². The molecule has 0 unspecified atom stereocenters. The Balaban J connectivity index is 2.84. The van der Waals surface area contributed by atoms with Crippen molar-refractivity contribution in [3.8, 4) is 0 Å². The van der Waals surface area contributed by atoms with E-state index in [-0.39, 0.29) is 5.76 Å². The van der Waals surface area contributed by atoms with E-state index in [2.05, 4.69) is 4.74 Å². The van der Waals surface area contributed by atoms with Gasteiger partial charge in [0.15, 0.2) is 0 Å². The van der Waals surface area contributed by atoms with E-state index in [9.17, 15) is 4.79 Å². The summed E-state index contributed by atoms with van der Waals surface area (Å²) in [6.07, 6.45) is 6.82. The zero-order chi connectivity index (χ0) is 8.97. The van der Waals surface area contributed by atoms with Crippen LogP contribution in [0.25, 0.3) is 0 Å². The van der Waals surface area contributed by atoms with E-state index < -0.39 is 5.97 Å². The fourth-order valence-electron chi connectivity index (χ4n) is 0.870. The second-order valence-electron chi connectivity index (χ2n) is 2.38. The van der Waals surface area contributed by atoms with E-state index >= 15 is 0 Å². The lowest BCUT2D eigenvalue weighted by Gasteiger charge is -1.95. The first-order valence-electron chi connectivity index (χ1n) is 3.58. The van der Waals surface area contributed by atoms with Gasteiger partial charge in [0.25, 0.3) is 0 Å². The summed E-state index contributed by atoms with van der Waals surface area (Å²) in [4.78, 5) is 11.0. The van der Waals surface area contributed by atoms with Gasteiger partial charge in [-0.15, -0.1) is 0 Å². The molecule has 0 saturated heterocycles. The third-order valence-corrected chi connectivity index (χ3v) is 1.50. The van der Waals surface area contributed by atoms with E-state index in [1.165, 1.54) is 19.3 Å². The predicted octanol–water partition coefficient (Wildman–Crippen LogP) is 1.49. The Labute approximate surface area is 70.7 Å². The Hall–Kier alpha value is -1.51. The van der Waals surface area contributed by atoms with Gasteiger partial charge in [0.05, 0.1) is 18.4 Å². The van der Waals surface area contributed by atoms with Crippen molar-refractivity contribution >= 4 is 5.97 Å². The standard InChI is InChI=1S/C9H10O3/c1-12-9(11)7-3-2-4-8(10)6-5-7/h2-3,5-6,10H,4H2,1H3. The van der Waals surface area contributed by atoms with Crippen molar-refractivity contribution in [1.82, 2.24) is 0 Å². The molecule has 0 radical (unpaired) electrons. The number of allylic oxidation sites excluding steroid dienone is 3. The summed E-state index contributed by atoms with van der Waals surface area (Å²) in [7, 11) is 1.32. The summed E-state index contributed by atoms with van der Waals surface area (Å²) in [5.41, 5.74) is 0.446. The van der Waals surface area contributed by atoms with Crippen LogP contribution in [0.4, 0.5) is 0 Å². The normalized spacial score (nSPS) is 16.1. The number of hydrogen-bond donors (Lipinski definition) is 1. The van der Waals surface area contributed by atoms with Gasteiger partial charge in [-0.25, -0.2) is 4.79 Å². The van der Waals surface area contributed by atoms with Gasteiger partial charge in [-0.1, -0.05) is 12.2 Å². The molecule has 0 aliphatic heterocycles. The maximum Gasteiger partial charge on any atom is 0.337 e. The number of esters is 1. The molecule has 0 saturated carbocycles. The second kappa shape index (κ2) is 3.76. The summed E-state index contributed by atoms with van der Waals surface area (Å²) in [6, 6.07) is 0. The molecule has 0 amide bonds. The molecule has 0 aromatic rings. The minimum absolute atomic E-state index is 0.241. The summed E-state index contributed by atoms with van der Waals surface area (Å²) in [5.74, 6) is -0.151. The monoisotopic (exact) mass is 166 g/mol. The van der Waals surface area contributed by atoms with Gasteiger partial charge in [-0.2, -0.15) is 0 Å². The van der Waals surface area contributed by atoms with Crippen molar-refractivity contribution in [2.75, 3.05) is 7.11 Å². The minimum Gasteiger partial charge on any atom is -0.512 e. The van der Waals surface area contributed by atoms with Crippen molar-refractivity contribution in [1.29, 1.82) is 0 Å². The number of aliphatic hydroxyl groups is 1.